The van der Waals surface area contributed by atoms with E-state index < -0.39 is 0 Å². The van der Waals surface area contributed by atoms with E-state index in [1.54, 1.807) is 0 Å². The zero-order valence-electron chi connectivity index (χ0n) is 9.12. The van der Waals surface area contributed by atoms with Crippen molar-refractivity contribution in [3.05, 3.63) is 24.0 Å². The summed E-state index contributed by atoms with van der Waals surface area (Å²) in [6.45, 7) is 5.07. The van der Waals surface area contributed by atoms with Crippen molar-refractivity contribution in [3.8, 4) is 5.75 Å². The maximum atomic E-state index is 5.45. The van der Waals surface area contributed by atoms with Crippen LogP contribution in [-0.4, -0.2) is 11.6 Å². The van der Waals surface area contributed by atoms with Crippen LogP contribution in [0.1, 0.15) is 38.8 Å². The molecule has 0 aliphatic rings. The number of pyridine rings is 1. The van der Waals surface area contributed by atoms with Crippen LogP contribution in [0.3, 0.4) is 0 Å². The molecule has 0 aromatic carbocycles. The lowest BCUT2D eigenvalue weighted by Gasteiger charge is -2.04. The monoisotopic (exact) mass is 193 g/mol. The molecule has 1 rings (SSSR count). The van der Waals surface area contributed by atoms with E-state index in [9.17, 15) is 0 Å². The van der Waals surface area contributed by atoms with E-state index in [4.69, 9.17) is 4.74 Å². The Kier molecular flexibility index (Phi) is 5.05. The third-order valence-corrected chi connectivity index (χ3v) is 2.06. The average Bonchev–Trinajstić information content (AvgIpc) is 2.25. The molecular formula is C12H19NO. The van der Waals surface area contributed by atoms with Gasteiger partial charge in [-0.15, -0.1) is 0 Å². The van der Waals surface area contributed by atoms with Crippen LogP contribution in [0.15, 0.2) is 18.3 Å². The van der Waals surface area contributed by atoms with Crippen LogP contribution in [0.25, 0.3) is 0 Å². The summed E-state index contributed by atoms with van der Waals surface area (Å²) < 4.78 is 5.45. The molecule has 0 aliphatic heterocycles. The molecule has 2 nitrogen and oxygen atoms in total. The number of nitrogens with zero attached hydrogens (tertiary/aromatic N) is 1. The topological polar surface area (TPSA) is 22.1 Å². The second-order valence-electron chi connectivity index (χ2n) is 3.44. The van der Waals surface area contributed by atoms with Crippen LogP contribution in [0.4, 0.5) is 0 Å². The minimum atomic E-state index is 0.774. The van der Waals surface area contributed by atoms with Crippen molar-refractivity contribution in [1.82, 2.24) is 4.98 Å². The summed E-state index contributed by atoms with van der Waals surface area (Å²) >= 11 is 0. The highest BCUT2D eigenvalue weighted by atomic mass is 16.5. The summed E-state index contributed by atoms with van der Waals surface area (Å²) in [5.74, 6) is 0.882. The molecule has 0 amide bonds. The van der Waals surface area contributed by atoms with Crippen molar-refractivity contribution in [3.63, 3.8) is 0 Å². The highest BCUT2D eigenvalue weighted by molar-refractivity contribution is 5.19. The zero-order valence-corrected chi connectivity index (χ0v) is 9.12. The van der Waals surface area contributed by atoms with Gasteiger partial charge in [-0.3, -0.25) is 4.98 Å². The lowest BCUT2D eigenvalue weighted by molar-refractivity contribution is 0.316. The number of rotatable bonds is 6. The quantitative estimate of drug-likeness (QED) is 0.692. The lowest BCUT2D eigenvalue weighted by atomic mass is 10.2. The molecule has 0 spiro atoms. The van der Waals surface area contributed by atoms with E-state index >= 15 is 0 Å². The standard InChI is InChI=1S/C12H19NO/c1-3-5-6-11-7-8-12(10-13-11)14-9-4-2/h7-8,10H,3-6,9H2,1-2H3. The number of hydrogen-bond acceptors (Lipinski definition) is 2. The Balaban J connectivity index is 2.42. The highest BCUT2D eigenvalue weighted by Gasteiger charge is 1.95. The van der Waals surface area contributed by atoms with Crippen LogP contribution in [0, 0.1) is 0 Å². The normalized spacial score (nSPS) is 10.1. The van der Waals surface area contributed by atoms with Gasteiger partial charge in [-0.1, -0.05) is 20.3 Å². The molecule has 0 saturated heterocycles. The second kappa shape index (κ2) is 6.41. The van der Waals surface area contributed by atoms with E-state index in [1.807, 2.05) is 12.3 Å². The maximum Gasteiger partial charge on any atom is 0.137 e. The first-order valence-corrected chi connectivity index (χ1v) is 5.44. The van der Waals surface area contributed by atoms with E-state index in [-0.39, 0.29) is 0 Å². The number of aromatic nitrogens is 1. The molecule has 0 unspecified atom stereocenters. The SMILES string of the molecule is CCCCc1ccc(OCCC)cn1. The van der Waals surface area contributed by atoms with Crippen molar-refractivity contribution < 1.29 is 4.74 Å². The molecule has 14 heavy (non-hydrogen) atoms. The van der Waals surface area contributed by atoms with Gasteiger partial charge in [0.05, 0.1) is 12.8 Å². The second-order valence-corrected chi connectivity index (χ2v) is 3.44. The summed E-state index contributed by atoms with van der Waals surface area (Å²) in [5.41, 5.74) is 1.16. The molecule has 0 bridgehead atoms. The lowest BCUT2D eigenvalue weighted by Crippen LogP contribution is -1.96. The molecule has 0 fully saturated rings. The average molecular weight is 193 g/mol. The summed E-state index contributed by atoms with van der Waals surface area (Å²) in [7, 11) is 0. The molecule has 1 aromatic heterocycles. The number of aryl methyl sites for hydroxylation is 1. The van der Waals surface area contributed by atoms with Gasteiger partial charge in [0.2, 0.25) is 0 Å². The Hall–Kier alpha value is -1.05. The fraction of sp³-hybridized carbons (Fsp3) is 0.583. The van der Waals surface area contributed by atoms with Gasteiger partial charge in [0.15, 0.2) is 0 Å². The summed E-state index contributed by atoms with van der Waals surface area (Å²) in [6, 6.07) is 4.06. The van der Waals surface area contributed by atoms with Crippen LogP contribution in [0.5, 0.6) is 5.75 Å². The Morgan fingerprint density at radius 2 is 2.07 bits per heavy atom. The number of unbranched alkanes of at least 4 members (excludes halogenated alkanes) is 1. The van der Waals surface area contributed by atoms with Crippen molar-refractivity contribution in [2.75, 3.05) is 6.61 Å². The summed E-state index contributed by atoms with van der Waals surface area (Å²) in [5, 5.41) is 0. The predicted octanol–water partition coefficient (Wildman–Crippen LogP) is 3.21. The van der Waals surface area contributed by atoms with Gasteiger partial charge >= 0.3 is 0 Å². The van der Waals surface area contributed by atoms with E-state index in [2.05, 4.69) is 24.9 Å². The molecule has 1 heterocycles. The largest absolute Gasteiger partial charge is 0.492 e. The maximum absolute atomic E-state index is 5.45. The first-order chi connectivity index (χ1) is 6.86. The van der Waals surface area contributed by atoms with Crippen LogP contribution < -0.4 is 4.74 Å². The Morgan fingerprint density at radius 1 is 1.21 bits per heavy atom. The van der Waals surface area contributed by atoms with Gasteiger partial charge in [0.1, 0.15) is 5.75 Å². The third-order valence-electron chi connectivity index (χ3n) is 2.06. The minimum Gasteiger partial charge on any atom is -0.492 e. The first-order valence-electron chi connectivity index (χ1n) is 5.44. The smallest absolute Gasteiger partial charge is 0.137 e. The number of hydrogen-bond donors (Lipinski definition) is 0. The third kappa shape index (κ3) is 3.77. The summed E-state index contributed by atoms with van der Waals surface area (Å²) in [4.78, 5) is 4.34. The Labute approximate surface area is 86.3 Å². The molecule has 2 heteroatoms. The molecule has 1 aromatic rings. The van der Waals surface area contributed by atoms with Crippen molar-refractivity contribution >= 4 is 0 Å². The van der Waals surface area contributed by atoms with Crippen LogP contribution in [0.2, 0.25) is 0 Å². The minimum absolute atomic E-state index is 0.774. The van der Waals surface area contributed by atoms with Gasteiger partial charge in [-0.25, -0.2) is 0 Å². The zero-order chi connectivity index (χ0) is 10.2. The summed E-state index contributed by atoms with van der Waals surface area (Å²) in [6.07, 6.45) is 6.36. The molecule has 0 saturated carbocycles. The number of ether oxygens (including phenoxy) is 1. The Morgan fingerprint density at radius 3 is 2.64 bits per heavy atom. The van der Waals surface area contributed by atoms with E-state index in [0.717, 1.165) is 30.9 Å². The molecule has 78 valence electrons. The van der Waals surface area contributed by atoms with Crippen molar-refractivity contribution in [2.24, 2.45) is 0 Å². The van der Waals surface area contributed by atoms with Gasteiger partial charge in [-0.05, 0) is 31.4 Å². The van der Waals surface area contributed by atoms with Gasteiger partial charge < -0.3 is 4.74 Å². The molecule has 0 aliphatic carbocycles. The molecule has 0 radical (unpaired) electrons. The van der Waals surface area contributed by atoms with Crippen molar-refractivity contribution in [2.45, 2.75) is 39.5 Å². The first kappa shape index (κ1) is 11.0. The fourth-order valence-corrected chi connectivity index (χ4v) is 1.22. The van der Waals surface area contributed by atoms with Gasteiger partial charge in [0, 0.05) is 5.69 Å². The van der Waals surface area contributed by atoms with Gasteiger partial charge in [0.25, 0.3) is 0 Å². The van der Waals surface area contributed by atoms with Crippen LogP contribution in [-0.2, 0) is 6.42 Å². The van der Waals surface area contributed by atoms with E-state index in [0.29, 0.717) is 0 Å². The predicted molar refractivity (Wildman–Crippen MR) is 58.6 cm³/mol. The van der Waals surface area contributed by atoms with Gasteiger partial charge in [-0.2, -0.15) is 0 Å². The fourth-order valence-electron chi connectivity index (χ4n) is 1.22. The van der Waals surface area contributed by atoms with Crippen molar-refractivity contribution in [1.29, 1.82) is 0 Å². The van der Waals surface area contributed by atoms with Crippen LogP contribution >= 0.6 is 0 Å². The highest BCUT2D eigenvalue weighted by Crippen LogP contribution is 2.10. The molecule has 0 atom stereocenters. The Bertz CT molecular complexity index is 216. The van der Waals surface area contributed by atoms with E-state index in [1.165, 1.54) is 12.8 Å². The molecule has 0 N–H and O–H groups in total. The molecular weight excluding hydrogens is 174 g/mol.